The number of fused-ring (bicyclic) bond motifs is 1. The second-order valence-corrected chi connectivity index (χ2v) is 7.96. The summed E-state index contributed by atoms with van der Waals surface area (Å²) in [5.74, 6) is 0.816. The van der Waals surface area contributed by atoms with E-state index >= 15 is 0 Å². The lowest BCUT2D eigenvalue weighted by Crippen LogP contribution is -2.18. The van der Waals surface area contributed by atoms with Crippen LogP contribution < -0.4 is 20.5 Å². The van der Waals surface area contributed by atoms with E-state index in [1.165, 1.54) is 16.2 Å². The summed E-state index contributed by atoms with van der Waals surface area (Å²) in [6.45, 7) is 0. The zero-order chi connectivity index (χ0) is 20.1. The molecule has 1 heterocycles. The number of anilines is 1. The highest BCUT2D eigenvalue weighted by Gasteiger charge is 2.24. The molecule has 0 saturated heterocycles. The Kier molecular flexibility index (Phi) is 6.57. The fourth-order valence-corrected chi connectivity index (χ4v) is 4.92. The van der Waals surface area contributed by atoms with Gasteiger partial charge in [0, 0.05) is 11.3 Å². The molecule has 0 unspecified atom stereocenters. The highest BCUT2D eigenvalue weighted by atomic mass is 32.1. The van der Waals surface area contributed by atoms with Crippen LogP contribution in [-0.4, -0.2) is 26.0 Å². The molecule has 1 aliphatic rings. The fraction of sp³-hybridized carbons (Fsp3) is 0.429. The molecule has 3 N–H and O–H groups in total. The Hall–Kier alpha value is -2.54. The smallest absolute Gasteiger partial charge is 0.251 e. The van der Waals surface area contributed by atoms with Crippen molar-refractivity contribution in [1.29, 1.82) is 0 Å². The second-order valence-electron chi connectivity index (χ2n) is 6.86. The average Bonchev–Trinajstić information content (AvgIpc) is 2.86. The van der Waals surface area contributed by atoms with E-state index in [9.17, 15) is 9.59 Å². The summed E-state index contributed by atoms with van der Waals surface area (Å²) in [6.07, 6.45) is 5.87. The number of rotatable bonds is 7. The lowest BCUT2D eigenvalue weighted by molar-refractivity contribution is -0.116. The maximum atomic E-state index is 12.6. The minimum absolute atomic E-state index is 0.149. The molecule has 0 bridgehead atoms. The van der Waals surface area contributed by atoms with Crippen LogP contribution in [0.3, 0.4) is 0 Å². The average molecular weight is 403 g/mol. The molecule has 150 valence electrons. The van der Waals surface area contributed by atoms with Crippen LogP contribution in [0.1, 0.15) is 52.0 Å². The van der Waals surface area contributed by atoms with E-state index in [2.05, 4.69) is 5.32 Å². The Labute approximate surface area is 169 Å². The number of aryl methyl sites for hydroxylation is 2. The lowest BCUT2D eigenvalue weighted by atomic mass is 10.0. The topological polar surface area (TPSA) is 90.7 Å². The summed E-state index contributed by atoms with van der Waals surface area (Å²) < 4.78 is 10.6. The molecule has 28 heavy (non-hydrogen) atoms. The number of amides is 2. The number of hydrogen-bond acceptors (Lipinski definition) is 5. The van der Waals surface area contributed by atoms with Crippen LogP contribution in [0.5, 0.6) is 11.5 Å². The maximum absolute atomic E-state index is 12.6. The molecule has 1 aliphatic carbocycles. The number of methoxy groups -OCH3 is 2. The van der Waals surface area contributed by atoms with Gasteiger partial charge in [-0.15, -0.1) is 11.3 Å². The van der Waals surface area contributed by atoms with E-state index in [0.29, 0.717) is 28.5 Å². The number of nitrogens with one attached hydrogen (secondary N) is 1. The Morgan fingerprint density at radius 1 is 1.14 bits per heavy atom. The van der Waals surface area contributed by atoms with E-state index in [0.717, 1.165) is 43.2 Å². The normalized spacial score (nSPS) is 13.4. The van der Waals surface area contributed by atoms with E-state index in [-0.39, 0.29) is 12.3 Å². The van der Waals surface area contributed by atoms with E-state index in [1.807, 2.05) is 18.2 Å². The molecule has 1 aromatic carbocycles. The molecule has 0 atom stereocenters. The van der Waals surface area contributed by atoms with Crippen LogP contribution in [0.25, 0.3) is 0 Å². The van der Waals surface area contributed by atoms with Crippen molar-refractivity contribution in [3.8, 4) is 11.5 Å². The van der Waals surface area contributed by atoms with Crippen LogP contribution >= 0.6 is 11.3 Å². The molecule has 2 aromatic rings. The van der Waals surface area contributed by atoms with Crippen molar-refractivity contribution in [1.82, 2.24) is 0 Å². The highest BCUT2D eigenvalue weighted by Crippen LogP contribution is 2.37. The summed E-state index contributed by atoms with van der Waals surface area (Å²) in [7, 11) is 3.20. The molecule has 7 heteroatoms. The van der Waals surface area contributed by atoms with E-state index in [4.69, 9.17) is 15.2 Å². The first kappa shape index (κ1) is 20.2. The second kappa shape index (κ2) is 9.10. The first-order chi connectivity index (χ1) is 13.5. The van der Waals surface area contributed by atoms with Gasteiger partial charge in [0.1, 0.15) is 16.5 Å². The molecule has 1 aromatic heterocycles. The third kappa shape index (κ3) is 4.47. The van der Waals surface area contributed by atoms with Crippen molar-refractivity contribution in [2.24, 2.45) is 5.73 Å². The molecular formula is C21H26N2O4S. The zero-order valence-electron chi connectivity index (χ0n) is 16.3. The minimum Gasteiger partial charge on any atom is -0.497 e. The molecule has 0 aliphatic heterocycles. The number of nitrogens with two attached hydrogens (primary N) is 1. The number of carbonyl (C=O) groups excluding carboxylic acids is 2. The van der Waals surface area contributed by atoms with Gasteiger partial charge in [-0.1, -0.05) is 6.42 Å². The number of hydrogen-bond donors (Lipinski definition) is 2. The Bertz CT molecular complexity index is 876. The van der Waals surface area contributed by atoms with Crippen molar-refractivity contribution < 1.29 is 19.1 Å². The largest absolute Gasteiger partial charge is 0.497 e. The predicted molar refractivity (Wildman–Crippen MR) is 111 cm³/mol. The molecule has 2 amide bonds. The molecule has 0 fully saturated rings. The summed E-state index contributed by atoms with van der Waals surface area (Å²) in [5.41, 5.74) is 8.05. The number of thiophene rings is 1. The van der Waals surface area contributed by atoms with Crippen molar-refractivity contribution in [2.45, 2.75) is 44.9 Å². The lowest BCUT2D eigenvalue weighted by Gasteiger charge is -2.11. The van der Waals surface area contributed by atoms with Gasteiger partial charge in [-0.05, 0) is 61.4 Å². The Balaban J connectivity index is 1.73. The van der Waals surface area contributed by atoms with Crippen LogP contribution in [0.4, 0.5) is 5.00 Å². The van der Waals surface area contributed by atoms with Gasteiger partial charge < -0.3 is 20.5 Å². The van der Waals surface area contributed by atoms with Crippen LogP contribution in [0.2, 0.25) is 0 Å². The van der Waals surface area contributed by atoms with Crippen LogP contribution in [0, 0.1) is 0 Å². The van der Waals surface area contributed by atoms with Gasteiger partial charge in [0.05, 0.1) is 19.8 Å². The van der Waals surface area contributed by atoms with E-state index < -0.39 is 5.91 Å². The monoisotopic (exact) mass is 402 g/mol. The van der Waals surface area contributed by atoms with Gasteiger partial charge in [-0.3, -0.25) is 9.59 Å². The summed E-state index contributed by atoms with van der Waals surface area (Å²) >= 11 is 1.49. The third-order valence-electron chi connectivity index (χ3n) is 5.03. The van der Waals surface area contributed by atoms with Gasteiger partial charge in [-0.2, -0.15) is 0 Å². The Morgan fingerprint density at radius 2 is 1.93 bits per heavy atom. The summed E-state index contributed by atoms with van der Waals surface area (Å²) in [6, 6.07) is 5.52. The van der Waals surface area contributed by atoms with Gasteiger partial charge in [0.2, 0.25) is 5.91 Å². The summed E-state index contributed by atoms with van der Waals surface area (Å²) in [4.78, 5) is 25.8. The highest BCUT2D eigenvalue weighted by molar-refractivity contribution is 7.17. The van der Waals surface area contributed by atoms with Gasteiger partial charge in [0.25, 0.3) is 5.91 Å². The first-order valence-electron chi connectivity index (χ1n) is 9.48. The SMILES string of the molecule is COc1ccc(OC)c(CCC(=O)Nc2sc3c(c2C(N)=O)CCCCC3)c1. The fourth-order valence-electron chi connectivity index (χ4n) is 3.61. The first-order valence-corrected chi connectivity index (χ1v) is 10.3. The molecule has 0 spiro atoms. The van der Waals surface area contributed by atoms with Gasteiger partial charge in [0.15, 0.2) is 0 Å². The van der Waals surface area contributed by atoms with Gasteiger partial charge >= 0.3 is 0 Å². The standard InChI is InChI=1S/C21H26N2O4S/c1-26-14-9-10-16(27-2)13(12-14)8-11-18(24)23-21-19(20(22)25)15-6-4-3-5-7-17(15)28-21/h9-10,12H,3-8,11H2,1-2H3,(H2,22,25)(H,23,24). The number of carbonyl (C=O) groups is 2. The molecule has 3 rings (SSSR count). The predicted octanol–water partition coefficient (Wildman–Crippen LogP) is 3.70. The maximum Gasteiger partial charge on any atom is 0.251 e. The van der Waals surface area contributed by atoms with Gasteiger partial charge in [-0.25, -0.2) is 0 Å². The number of ether oxygens (including phenoxy) is 2. The Morgan fingerprint density at radius 3 is 2.64 bits per heavy atom. The third-order valence-corrected chi connectivity index (χ3v) is 6.24. The van der Waals surface area contributed by atoms with Crippen molar-refractivity contribution >= 4 is 28.2 Å². The summed E-state index contributed by atoms with van der Waals surface area (Å²) in [5, 5.41) is 3.50. The number of benzene rings is 1. The molecular weight excluding hydrogens is 376 g/mol. The zero-order valence-corrected chi connectivity index (χ0v) is 17.1. The van der Waals surface area contributed by atoms with E-state index in [1.54, 1.807) is 14.2 Å². The minimum atomic E-state index is -0.468. The van der Waals surface area contributed by atoms with Crippen molar-refractivity contribution in [2.75, 3.05) is 19.5 Å². The molecule has 0 radical (unpaired) electrons. The molecule has 6 nitrogen and oxygen atoms in total. The molecule has 0 saturated carbocycles. The quantitative estimate of drug-likeness (QED) is 0.691. The van der Waals surface area contributed by atoms with Crippen LogP contribution in [-0.2, 0) is 24.1 Å². The van der Waals surface area contributed by atoms with Crippen molar-refractivity contribution in [3.05, 3.63) is 39.8 Å². The number of primary amides is 1. The van der Waals surface area contributed by atoms with Crippen molar-refractivity contribution in [3.63, 3.8) is 0 Å². The van der Waals surface area contributed by atoms with Crippen LogP contribution in [0.15, 0.2) is 18.2 Å².